The molecule has 1 aliphatic rings. The largest absolute Gasteiger partial charge is 0.481 e. The first kappa shape index (κ1) is 12.4. The van der Waals surface area contributed by atoms with Crippen molar-refractivity contribution in [1.29, 1.82) is 0 Å². The van der Waals surface area contributed by atoms with Crippen LogP contribution in [0.5, 0.6) is 0 Å². The number of benzene rings is 1. The molecule has 1 aromatic carbocycles. The number of carbonyl (C=O) groups is 2. The SMILES string of the molecule is Nc1ccc(CC(=O)N2CCC(C(=O)O)C2)cc1. The molecule has 0 saturated carbocycles. The number of likely N-dealkylation sites (tertiary alicyclic amines) is 1. The Labute approximate surface area is 105 Å². The van der Waals surface area contributed by atoms with E-state index in [1.807, 2.05) is 12.1 Å². The van der Waals surface area contributed by atoms with Gasteiger partial charge in [-0.1, -0.05) is 12.1 Å². The van der Waals surface area contributed by atoms with Crippen LogP contribution in [0.3, 0.4) is 0 Å². The molecule has 1 atom stereocenters. The van der Waals surface area contributed by atoms with Crippen LogP contribution >= 0.6 is 0 Å². The molecule has 5 heteroatoms. The summed E-state index contributed by atoms with van der Waals surface area (Å²) in [7, 11) is 0. The molecule has 18 heavy (non-hydrogen) atoms. The van der Waals surface area contributed by atoms with E-state index in [0.717, 1.165) is 5.56 Å². The number of anilines is 1. The van der Waals surface area contributed by atoms with Crippen molar-refractivity contribution in [2.24, 2.45) is 5.92 Å². The minimum Gasteiger partial charge on any atom is -0.481 e. The summed E-state index contributed by atoms with van der Waals surface area (Å²) in [6.07, 6.45) is 0.843. The lowest BCUT2D eigenvalue weighted by atomic mass is 10.1. The lowest BCUT2D eigenvalue weighted by Gasteiger charge is -2.15. The molecule has 2 rings (SSSR count). The number of hydrogen-bond donors (Lipinski definition) is 2. The first-order valence-electron chi connectivity index (χ1n) is 5.91. The van der Waals surface area contributed by atoms with E-state index >= 15 is 0 Å². The van der Waals surface area contributed by atoms with Crippen LogP contribution in [0.15, 0.2) is 24.3 Å². The number of hydrogen-bond acceptors (Lipinski definition) is 3. The standard InChI is InChI=1S/C13H16N2O3/c14-11-3-1-9(2-4-11)7-12(16)15-6-5-10(8-15)13(17)18/h1-4,10H,5-8,14H2,(H,17,18). The van der Waals surface area contributed by atoms with E-state index in [0.29, 0.717) is 31.6 Å². The zero-order valence-electron chi connectivity index (χ0n) is 10.0. The monoisotopic (exact) mass is 248 g/mol. The summed E-state index contributed by atoms with van der Waals surface area (Å²) in [6.45, 7) is 0.855. The van der Waals surface area contributed by atoms with E-state index in [9.17, 15) is 9.59 Å². The van der Waals surface area contributed by atoms with Gasteiger partial charge in [0.2, 0.25) is 5.91 Å². The van der Waals surface area contributed by atoms with Crippen LogP contribution in [-0.2, 0) is 16.0 Å². The van der Waals surface area contributed by atoms with Gasteiger partial charge >= 0.3 is 5.97 Å². The zero-order chi connectivity index (χ0) is 13.1. The van der Waals surface area contributed by atoms with Crippen molar-refractivity contribution >= 4 is 17.6 Å². The molecule has 96 valence electrons. The highest BCUT2D eigenvalue weighted by Crippen LogP contribution is 2.17. The predicted octanol–water partition coefficient (Wildman–Crippen LogP) is 0.744. The predicted molar refractivity (Wildman–Crippen MR) is 66.9 cm³/mol. The van der Waals surface area contributed by atoms with Gasteiger partial charge in [0.05, 0.1) is 12.3 Å². The Balaban J connectivity index is 1.93. The average molecular weight is 248 g/mol. The Kier molecular flexibility index (Phi) is 3.50. The Morgan fingerprint density at radius 3 is 2.56 bits per heavy atom. The van der Waals surface area contributed by atoms with Crippen molar-refractivity contribution in [2.45, 2.75) is 12.8 Å². The minimum atomic E-state index is -0.821. The van der Waals surface area contributed by atoms with Crippen molar-refractivity contribution in [1.82, 2.24) is 4.90 Å². The molecule has 0 spiro atoms. The Morgan fingerprint density at radius 2 is 2.00 bits per heavy atom. The molecule has 1 aliphatic heterocycles. The third kappa shape index (κ3) is 2.80. The summed E-state index contributed by atoms with van der Waals surface area (Å²) >= 11 is 0. The highest BCUT2D eigenvalue weighted by Gasteiger charge is 2.30. The van der Waals surface area contributed by atoms with E-state index in [2.05, 4.69) is 0 Å². The number of nitrogens with zero attached hydrogens (tertiary/aromatic N) is 1. The minimum absolute atomic E-state index is 0.0245. The van der Waals surface area contributed by atoms with Crippen LogP contribution in [0.25, 0.3) is 0 Å². The topological polar surface area (TPSA) is 83.6 Å². The summed E-state index contributed by atoms with van der Waals surface area (Å²) in [5.41, 5.74) is 7.13. The molecular formula is C13H16N2O3. The number of carboxylic acids is 1. The number of nitrogen functional groups attached to an aromatic ring is 1. The van der Waals surface area contributed by atoms with E-state index in [4.69, 9.17) is 10.8 Å². The molecule has 1 saturated heterocycles. The van der Waals surface area contributed by atoms with E-state index in [-0.39, 0.29) is 5.91 Å². The maximum absolute atomic E-state index is 12.0. The number of nitrogens with two attached hydrogens (primary N) is 1. The van der Waals surface area contributed by atoms with Crippen molar-refractivity contribution in [2.75, 3.05) is 18.8 Å². The van der Waals surface area contributed by atoms with Crippen LogP contribution in [-0.4, -0.2) is 35.0 Å². The first-order valence-corrected chi connectivity index (χ1v) is 5.91. The number of amides is 1. The van der Waals surface area contributed by atoms with Gasteiger partial charge < -0.3 is 15.7 Å². The molecule has 3 N–H and O–H groups in total. The molecule has 1 fully saturated rings. The van der Waals surface area contributed by atoms with E-state index < -0.39 is 11.9 Å². The fraction of sp³-hybridized carbons (Fsp3) is 0.385. The number of carboxylic acid groups (broad SMARTS) is 1. The number of carbonyl (C=O) groups excluding carboxylic acids is 1. The van der Waals surface area contributed by atoms with Gasteiger partial charge in [-0.25, -0.2) is 0 Å². The average Bonchev–Trinajstić information content (AvgIpc) is 2.81. The van der Waals surface area contributed by atoms with Crippen molar-refractivity contribution < 1.29 is 14.7 Å². The van der Waals surface area contributed by atoms with Gasteiger partial charge in [-0.05, 0) is 24.1 Å². The Morgan fingerprint density at radius 1 is 1.33 bits per heavy atom. The first-order chi connectivity index (χ1) is 8.56. The summed E-state index contributed by atoms with van der Waals surface area (Å²) < 4.78 is 0. The molecule has 1 unspecified atom stereocenters. The van der Waals surface area contributed by atoms with Gasteiger partial charge in [0.1, 0.15) is 0 Å². The molecular weight excluding hydrogens is 232 g/mol. The molecule has 1 heterocycles. The third-order valence-corrected chi connectivity index (χ3v) is 3.23. The third-order valence-electron chi connectivity index (χ3n) is 3.23. The lowest BCUT2D eigenvalue weighted by Crippen LogP contribution is -2.31. The summed E-state index contributed by atoms with van der Waals surface area (Å²) in [5.74, 6) is -1.26. The van der Waals surface area contributed by atoms with Gasteiger partial charge in [0, 0.05) is 18.8 Å². The van der Waals surface area contributed by atoms with Crippen molar-refractivity contribution in [3.05, 3.63) is 29.8 Å². The van der Waals surface area contributed by atoms with Gasteiger partial charge in [0.15, 0.2) is 0 Å². The van der Waals surface area contributed by atoms with Crippen LogP contribution in [0.1, 0.15) is 12.0 Å². The molecule has 1 amide bonds. The smallest absolute Gasteiger partial charge is 0.308 e. The lowest BCUT2D eigenvalue weighted by molar-refractivity contribution is -0.141. The number of aliphatic carboxylic acids is 1. The molecule has 0 bridgehead atoms. The second kappa shape index (κ2) is 5.08. The van der Waals surface area contributed by atoms with Gasteiger partial charge in [-0.2, -0.15) is 0 Å². The molecule has 0 radical (unpaired) electrons. The second-order valence-electron chi connectivity index (χ2n) is 4.58. The van der Waals surface area contributed by atoms with Crippen LogP contribution < -0.4 is 5.73 Å². The maximum atomic E-state index is 12.0. The maximum Gasteiger partial charge on any atom is 0.308 e. The number of rotatable bonds is 3. The highest BCUT2D eigenvalue weighted by atomic mass is 16.4. The van der Waals surface area contributed by atoms with Gasteiger partial charge in [-0.15, -0.1) is 0 Å². The van der Waals surface area contributed by atoms with Crippen LogP contribution in [0, 0.1) is 5.92 Å². The molecule has 0 aliphatic carbocycles. The quantitative estimate of drug-likeness (QED) is 0.773. The van der Waals surface area contributed by atoms with Crippen LogP contribution in [0.2, 0.25) is 0 Å². The fourth-order valence-corrected chi connectivity index (χ4v) is 2.11. The van der Waals surface area contributed by atoms with Crippen molar-refractivity contribution in [3.63, 3.8) is 0 Å². The Bertz CT molecular complexity index is 456. The summed E-state index contributed by atoms with van der Waals surface area (Å²) in [5, 5.41) is 8.88. The van der Waals surface area contributed by atoms with Crippen LogP contribution in [0.4, 0.5) is 5.69 Å². The second-order valence-corrected chi connectivity index (χ2v) is 4.58. The summed E-state index contributed by atoms with van der Waals surface area (Å²) in [4.78, 5) is 24.4. The molecule has 0 aromatic heterocycles. The van der Waals surface area contributed by atoms with E-state index in [1.54, 1.807) is 17.0 Å². The molecule has 1 aromatic rings. The molecule has 5 nitrogen and oxygen atoms in total. The van der Waals surface area contributed by atoms with Gasteiger partial charge in [-0.3, -0.25) is 9.59 Å². The summed E-state index contributed by atoms with van der Waals surface area (Å²) in [6, 6.07) is 7.15. The Hall–Kier alpha value is -2.04. The highest BCUT2D eigenvalue weighted by molar-refractivity contribution is 5.80. The van der Waals surface area contributed by atoms with Crippen molar-refractivity contribution in [3.8, 4) is 0 Å². The van der Waals surface area contributed by atoms with Gasteiger partial charge in [0.25, 0.3) is 0 Å². The zero-order valence-corrected chi connectivity index (χ0v) is 10.0. The normalized spacial score (nSPS) is 18.9. The fourth-order valence-electron chi connectivity index (χ4n) is 2.11. The van der Waals surface area contributed by atoms with E-state index in [1.165, 1.54) is 0 Å².